The van der Waals surface area contributed by atoms with E-state index in [1.165, 1.54) is 6.42 Å². The van der Waals surface area contributed by atoms with Gasteiger partial charge in [-0.1, -0.05) is 38.8 Å². The van der Waals surface area contributed by atoms with Crippen molar-refractivity contribution in [2.75, 3.05) is 19.8 Å². The summed E-state index contributed by atoms with van der Waals surface area (Å²) in [6.45, 7) is 5.75. The molecule has 1 aromatic carbocycles. The first-order valence-corrected chi connectivity index (χ1v) is 12.4. The molecular weight excluding hydrogens is 398 g/mol. The van der Waals surface area contributed by atoms with Gasteiger partial charge in [0.1, 0.15) is 0 Å². The van der Waals surface area contributed by atoms with Crippen molar-refractivity contribution in [2.45, 2.75) is 95.9 Å². The van der Waals surface area contributed by atoms with Gasteiger partial charge < -0.3 is 14.2 Å². The molecule has 3 fully saturated rings. The zero-order chi connectivity index (χ0) is 21.8. The van der Waals surface area contributed by atoms with Crippen LogP contribution in [0.5, 0.6) is 0 Å². The van der Waals surface area contributed by atoms with Crippen molar-refractivity contribution < 1.29 is 23.0 Å². The Labute approximate surface area is 185 Å². The third-order valence-corrected chi connectivity index (χ3v) is 7.77. The van der Waals surface area contributed by atoms with E-state index >= 15 is 4.39 Å². The molecule has 0 radical (unpaired) electrons. The monoisotopic (exact) mass is 436 g/mol. The van der Waals surface area contributed by atoms with Crippen LogP contribution in [0.3, 0.4) is 0 Å². The third kappa shape index (κ3) is 5.31. The number of halogens is 2. The maximum atomic E-state index is 15.0. The number of hydrogen-bond donors (Lipinski definition) is 0. The molecule has 1 aliphatic carbocycles. The molecular formula is C26H38F2O3. The Hall–Kier alpha value is -1.04. The summed E-state index contributed by atoms with van der Waals surface area (Å²) in [5.74, 6) is -0.557. The van der Waals surface area contributed by atoms with Gasteiger partial charge in [-0.25, -0.2) is 8.78 Å². The Bertz CT molecular complexity index is 701. The summed E-state index contributed by atoms with van der Waals surface area (Å²) in [5.41, 5.74) is 0.928. The average Bonchev–Trinajstić information content (AvgIpc) is 2.82. The molecule has 3 nitrogen and oxygen atoms in total. The number of benzene rings is 1. The Morgan fingerprint density at radius 3 is 1.97 bits per heavy atom. The van der Waals surface area contributed by atoms with E-state index in [0.29, 0.717) is 37.1 Å². The van der Waals surface area contributed by atoms with Crippen molar-refractivity contribution in [1.29, 1.82) is 0 Å². The van der Waals surface area contributed by atoms with Gasteiger partial charge in [0.25, 0.3) is 0 Å². The zero-order valence-corrected chi connectivity index (χ0v) is 19.1. The summed E-state index contributed by atoms with van der Waals surface area (Å²) >= 11 is 0. The van der Waals surface area contributed by atoms with Crippen molar-refractivity contribution in [3.63, 3.8) is 0 Å². The molecule has 1 saturated carbocycles. The van der Waals surface area contributed by atoms with E-state index in [-0.39, 0.29) is 24.0 Å². The Morgan fingerprint density at radius 1 is 0.774 bits per heavy atom. The minimum absolute atomic E-state index is 0.137. The Balaban J connectivity index is 1.33. The largest absolute Gasteiger partial charge is 0.378 e. The van der Waals surface area contributed by atoms with Gasteiger partial charge >= 0.3 is 0 Å². The lowest BCUT2D eigenvalue weighted by atomic mass is 9.77. The summed E-state index contributed by atoms with van der Waals surface area (Å²) in [7, 11) is 0. The minimum atomic E-state index is -0.714. The van der Waals surface area contributed by atoms with Crippen LogP contribution in [0, 0.1) is 23.5 Å². The maximum Gasteiger partial charge on any atom is 0.162 e. The SMILES string of the molecule is CCCC1CCC(C2OCC(c3ccc(C4CCC(CC)CC4)c(F)c3F)CO2)CO1. The molecule has 174 valence electrons. The smallest absolute Gasteiger partial charge is 0.162 e. The van der Waals surface area contributed by atoms with Crippen molar-refractivity contribution in [1.82, 2.24) is 0 Å². The van der Waals surface area contributed by atoms with Gasteiger partial charge in [-0.05, 0) is 67.9 Å². The van der Waals surface area contributed by atoms with E-state index in [1.807, 2.05) is 0 Å². The second kappa shape index (κ2) is 10.7. The lowest BCUT2D eigenvalue weighted by Gasteiger charge is -2.37. The highest BCUT2D eigenvalue weighted by molar-refractivity contribution is 5.32. The molecule has 1 aromatic rings. The highest BCUT2D eigenvalue weighted by Gasteiger charge is 2.35. The van der Waals surface area contributed by atoms with Crippen LogP contribution in [0.25, 0.3) is 0 Å². The molecule has 2 heterocycles. The molecule has 4 rings (SSSR count). The van der Waals surface area contributed by atoms with Crippen LogP contribution in [-0.2, 0) is 14.2 Å². The second-order valence-corrected chi connectivity index (χ2v) is 9.81. The van der Waals surface area contributed by atoms with Gasteiger partial charge in [0.15, 0.2) is 17.9 Å². The average molecular weight is 437 g/mol. The number of hydrogen-bond acceptors (Lipinski definition) is 3. The predicted molar refractivity (Wildman–Crippen MR) is 117 cm³/mol. The molecule has 2 unspecified atom stereocenters. The molecule has 5 heteroatoms. The van der Waals surface area contributed by atoms with Crippen LogP contribution in [0.2, 0.25) is 0 Å². The van der Waals surface area contributed by atoms with E-state index in [1.54, 1.807) is 12.1 Å². The first kappa shape index (κ1) is 23.1. The van der Waals surface area contributed by atoms with E-state index in [9.17, 15) is 4.39 Å². The molecule has 31 heavy (non-hydrogen) atoms. The van der Waals surface area contributed by atoms with Crippen LogP contribution in [0.4, 0.5) is 8.78 Å². The van der Waals surface area contributed by atoms with Gasteiger partial charge in [0, 0.05) is 11.8 Å². The van der Waals surface area contributed by atoms with Gasteiger partial charge in [-0.3, -0.25) is 0 Å². The van der Waals surface area contributed by atoms with Crippen LogP contribution in [0.1, 0.15) is 94.6 Å². The molecule has 0 N–H and O–H groups in total. The lowest BCUT2D eigenvalue weighted by molar-refractivity contribution is -0.231. The van der Waals surface area contributed by atoms with Gasteiger partial charge in [-0.2, -0.15) is 0 Å². The van der Waals surface area contributed by atoms with Crippen molar-refractivity contribution in [2.24, 2.45) is 11.8 Å². The molecule has 2 aliphatic heterocycles. The topological polar surface area (TPSA) is 27.7 Å². The lowest BCUT2D eigenvalue weighted by Crippen LogP contribution is -2.41. The van der Waals surface area contributed by atoms with Crippen LogP contribution >= 0.6 is 0 Å². The molecule has 0 spiro atoms. The van der Waals surface area contributed by atoms with E-state index in [0.717, 1.165) is 57.3 Å². The summed E-state index contributed by atoms with van der Waals surface area (Å²) in [4.78, 5) is 0. The molecule has 2 atom stereocenters. The minimum Gasteiger partial charge on any atom is -0.378 e. The summed E-state index contributed by atoms with van der Waals surface area (Å²) in [6.07, 6.45) is 9.64. The summed E-state index contributed by atoms with van der Waals surface area (Å²) < 4.78 is 47.8. The van der Waals surface area contributed by atoms with E-state index in [2.05, 4.69) is 13.8 Å². The maximum absolute atomic E-state index is 15.0. The highest BCUT2D eigenvalue weighted by Crippen LogP contribution is 2.40. The molecule has 0 amide bonds. The van der Waals surface area contributed by atoms with Crippen molar-refractivity contribution in [3.8, 4) is 0 Å². The second-order valence-electron chi connectivity index (χ2n) is 9.81. The summed E-state index contributed by atoms with van der Waals surface area (Å²) in [6, 6.07) is 3.57. The molecule has 0 aromatic heterocycles. The normalized spacial score (nSPS) is 34.6. The van der Waals surface area contributed by atoms with E-state index < -0.39 is 11.6 Å². The summed E-state index contributed by atoms with van der Waals surface area (Å²) in [5, 5.41) is 0. The first-order chi connectivity index (χ1) is 15.1. The number of rotatable bonds is 6. The quantitative estimate of drug-likeness (QED) is 0.497. The van der Waals surface area contributed by atoms with Crippen molar-refractivity contribution in [3.05, 3.63) is 34.9 Å². The van der Waals surface area contributed by atoms with Gasteiger partial charge in [-0.15, -0.1) is 0 Å². The molecule has 3 aliphatic rings. The fourth-order valence-electron chi connectivity index (χ4n) is 5.65. The zero-order valence-electron chi connectivity index (χ0n) is 19.1. The Morgan fingerprint density at radius 2 is 1.42 bits per heavy atom. The third-order valence-electron chi connectivity index (χ3n) is 7.77. The predicted octanol–water partition coefficient (Wildman–Crippen LogP) is 6.70. The van der Waals surface area contributed by atoms with Crippen molar-refractivity contribution >= 4 is 0 Å². The van der Waals surface area contributed by atoms with Crippen LogP contribution in [0.15, 0.2) is 12.1 Å². The van der Waals surface area contributed by atoms with Crippen LogP contribution < -0.4 is 0 Å². The van der Waals surface area contributed by atoms with Crippen LogP contribution in [-0.4, -0.2) is 32.2 Å². The molecule has 0 bridgehead atoms. The molecule has 2 saturated heterocycles. The fourth-order valence-corrected chi connectivity index (χ4v) is 5.65. The fraction of sp³-hybridized carbons (Fsp3) is 0.769. The highest BCUT2D eigenvalue weighted by atomic mass is 19.2. The standard InChI is InChI=1S/C26H38F2O3/c1-3-5-21-11-10-19(14-29-21)26-30-15-20(16-31-26)23-13-12-22(24(27)25(23)28)18-8-6-17(4-2)7-9-18/h12-13,17-21,26H,3-11,14-16H2,1-2H3. The first-order valence-electron chi connectivity index (χ1n) is 12.4. The number of ether oxygens (including phenoxy) is 3. The Kier molecular flexibility index (Phi) is 8.00. The van der Waals surface area contributed by atoms with E-state index in [4.69, 9.17) is 14.2 Å². The van der Waals surface area contributed by atoms with Gasteiger partial charge in [0.05, 0.1) is 25.9 Å². The van der Waals surface area contributed by atoms with Gasteiger partial charge in [0.2, 0.25) is 0 Å².